The number of nitrogens with two attached hydrogens (primary N) is 1. The Hall–Kier alpha value is -1.90. The van der Waals surface area contributed by atoms with E-state index in [0.29, 0.717) is 11.8 Å². The minimum Gasteiger partial charge on any atom is -0.479 e. The Bertz CT molecular complexity index is 715. The van der Waals surface area contributed by atoms with E-state index in [-0.39, 0.29) is 24.9 Å². The van der Waals surface area contributed by atoms with Crippen molar-refractivity contribution in [3.05, 3.63) is 0 Å². The molecule has 8 atom stereocenters. The number of hydrogen-bond acceptors (Lipinski definition) is 7. The second-order valence-electron chi connectivity index (χ2n) is 9.56. The number of ether oxygens (including phenoxy) is 3. The summed E-state index contributed by atoms with van der Waals surface area (Å²) in [5.41, 5.74) is 1.80. The van der Waals surface area contributed by atoms with Crippen LogP contribution in [0.5, 0.6) is 0 Å². The predicted molar refractivity (Wildman–Crippen MR) is 103 cm³/mol. The number of hydrogen-bond donors (Lipinski definition) is 2. The van der Waals surface area contributed by atoms with Gasteiger partial charge in [0.1, 0.15) is 11.6 Å². The molecule has 0 radical (unpaired) electrons. The quantitative estimate of drug-likeness (QED) is 0.488. The first kappa shape index (κ1) is 22.8. The van der Waals surface area contributed by atoms with Crippen LogP contribution < -0.4 is 5.73 Å². The Morgan fingerprint density at radius 2 is 1.80 bits per heavy atom. The molecule has 3 aliphatic carbocycles. The lowest BCUT2D eigenvalue weighted by atomic mass is 9.75. The number of alkyl halides is 1. The number of aliphatic carboxylic acids is 1. The molecule has 0 aliphatic heterocycles. The van der Waals surface area contributed by atoms with Gasteiger partial charge in [-0.15, -0.1) is 0 Å². The average molecular weight is 429 g/mol. The molecule has 0 amide bonds. The summed E-state index contributed by atoms with van der Waals surface area (Å²) >= 11 is 0. The smallest absolute Gasteiger partial charge is 0.479 e. The largest absolute Gasteiger partial charge is 0.511 e. The maximum atomic E-state index is 14.5. The van der Waals surface area contributed by atoms with Crippen molar-refractivity contribution in [2.45, 2.75) is 83.4 Å². The van der Waals surface area contributed by atoms with Crippen LogP contribution in [0.4, 0.5) is 9.18 Å². The number of carboxylic acid groups (broad SMARTS) is 1. The summed E-state index contributed by atoms with van der Waals surface area (Å²) in [4.78, 5) is 36.0. The molecule has 0 bridgehead atoms. The summed E-state index contributed by atoms with van der Waals surface area (Å²) in [5.74, 6) is -3.49. The summed E-state index contributed by atoms with van der Waals surface area (Å²) in [6.45, 7) is 7.62. The molecule has 0 aromatic rings. The molecule has 0 heterocycles. The van der Waals surface area contributed by atoms with Crippen LogP contribution >= 0.6 is 0 Å². The number of carbonyl (C=O) groups excluding carboxylic acids is 2. The Kier molecular flexibility index (Phi) is 6.06. The maximum absolute atomic E-state index is 14.5. The molecular formula is C21H32FNO7. The SMILES string of the molecule is CC(C)C1CC[C@@H](C)C[C@H]1OC(=O)O[C@H](C)OC(=O)[C@]1(N)CC[C@@H]2[C@H]1[C@@]2(F)C(=O)O. The van der Waals surface area contributed by atoms with Gasteiger partial charge in [0.25, 0.3) is 0 Å². The molecule has 0 saturated heterocycles. The Morgan fingerprint density at radius 3 is 2.37 bits per heavy atom. The average Bonchev–Trinajstić information content (AvgIpc) is 3.07. The van der Waals surface area contributed by atoms with E-state index in [9.17, 15) is 18.8 Å². The summed E-state index contributed by atoms with van der Waals surface area (Å²) in [6.07, 6.45) is 0.602. The summed E-state index contributed by atoms with van der Waals surface area (Å²) in [6, 6.07) is 0. The Balaban J connectivity index is 1.54. The highest BCUT2D eigenvalue weighted by molar-refractivity contribution is 5.90. The fourth-order valence-electron chi connectivity index (χ4n) is 5.43. The van der Waals surface area contributed by atoms with Crippen LogP contribution in [0.3, 0.4) is 0 Å². The van der Waals surface area contributed by atoms with Gasteiger partial charge in [-0.25, -0.2) is 18.8 Å². The molecular weight excluding hydrogens is 397 g/mol. The number of halogens is 1. The molecule has 0 aromatic carbocycles. The van der Waals surface area contributed by atoms with E-state index >= 15 is 0 Å². The fourth-order valence-corrected chi connectivity index (χ4v) is 5.43. The van der Waals surface area contributed by atoms with Gasteiger partial charge in [0.2, 0.25) is 12.0 Å². The van der Waals surface area contributed by atoms with Gasteiger partial charge in [0.05, 0.1) is 0 Å². The van der Waals surface area contributed by atoms with Crippen molar-refractivity contribution < 1.29 is 38.1 Å². The van der Waals surface area contributed by atoms with Crippen molar-refractivity contribution in [2.75, 3.05) is 0 Å². The minimum absolute atomic E-state index is 0.118. The molecule has 3 aliphatic rings. The van der Waals surface area contributed by atoms with Crippen LogP contribution in [-0.4, -0.2) is 46.8 Å². The normalized spacial score (nSPS) is 41.0. The van der Waals surface area contributed by atoms with Crippen molar-refractivity contribution in [1.82, 2.24) is 0 Å². The van der Waals surface area contributed by atoms with Crippen LogP contribution in [-0.2, 0) is 23.8 Å². The highest BCUT2D eigenvalue weighted by Gasteiger charge is 2.82. The van der Waals surface area contributed by atoms with Gasteiger partial charge in [-0.2, -0.15) is 0 Å². The zero-order chi connectivity index (χ0) is 22.4. The van der Waals surface area contributed by atoms with Gasteiger partial charge >= 0.3 is 18.1 Å². The zero-order valence-electron chi connectivity index (χ0n) is 17.9. The van der Waals surface area contributed by atoms with Crippen molar-refractivity contribution >= 4 is 18.1 Å². The number of fused-ring (bicyclic) bond motifs is 1. The highest BCUT2D eigenvalue weighted by Crippen LogP contribution is 2.66. The molecule has 0 aromatic heterocycles. The van der Waals surface area contributed by atoms with Gasteiger partial charge < -0.3 is 25.1 Å². The molecule has 0 spiro atoms. The lowest BCUT2D eigenvalue weighted by Crippen LogP contribution is -2.53. The molecule has 3 rings (SSSR count). The van der Waals surface area contributed by atoms with Gasteiger partial charge in [-0.1, -0.05) is 27.2 Å². The molecule has 9 heteroatoms. The Labute approximate surface area is 175 Å². The third kappa shape index (κ3) is 3.88. The topological polar surface area (TPSA) is 125 Å². The van der Waals surface area contributed by atoms with E-state index in [1.54, 1.807) is 0 Å². The number of rotatable bonds is 6. The van der Waals surface area contributed by atoms with Crippen molar-refractivity contribution in [3.63, 3.8) is 0 Å². The van der Waals surface area contributed by atoms with Crippen LogP contribution in [0, 0.1) is 29.6 Å². The van der Waals surface area contributed by atoms with Crippen molar-refractivity contribution in [1.29, 1.82) is 0 Å². The molecule has 170 valence electrons. The minimum atomic E-state index is -2.50. The molecule has 3 fully saturated rings. The third-order valence-corrected chi connectivity index (χ3v) is 7.16. The Morgan fingerprint density at radius 1 is 1.13 bits per heavy atom. The summed E-state index contributed by atoms with van der Waals surface area (Å²) in [5, 5.41) is 9.10. The molecule has 8 nitrogen and oxygen atoms in total. The van der Waals surface area contributed by atoms with E-state index in [0.717, 1.165) is 19.3 Å². The van der Waals surface area contributed by atoms with Crippen LogP contribution in [0.25, 0.3) is 0 Å². The van der Waals surface area contributed by atoms with E-state index < -0.39 is 47.4 Å². The molecule has 3 saturated carbocycles. The van der Waals surface area contributed by atoms with Gasteiger partial charge in [0.15, 0.2) is 0 Å². The zero-order valence-corrected chi connectivity index (χ0v) is 17.9. The highest BCUT2D eigenvalue weighted by atomic mass is 19.1. The molecule has 3 N–H and O–H groups in total. The standard InChI is InChI=1S/C21H32FNO7/c1-10(2)13-6-5-11(3)9-15(13)30-19(27)29-12(4)28-18(26)20(23)8-7-14-16(20)21(14,22)17(24)25/h10-16H,5-9,23H2,1-4H3,(H,24,25)/t11-,12-,13?,14-,15-,16-,20+,21-/m1/s1. The van der Waals surface area contributed by atoms with Crippen molar-refractivity contribution in [3.8, 4) is 0 Å². The third-order valence-electron chi connectivity index (χ3n) is 7.16. The van der Waals surface area contributed by atoms with E-state index in [2.05, 4.69) is 20.8 Å². The van der Waals surface area contributed by atoms with Gasteiger partial charge in [-0.05, 0) is 43.4 Å². The van der Waals surface area contributed by atoms with E-state index in [1.165, 1.54) is 6.92 Å². The monoisotopic (exact) mass is 429 g/mol. The van der Waals surface area contributed by atoms with Crippen LogP contribution in [0.15, 0.2) is 0 Å². The second-order valence-corrected chi connectivity index (χ2v) is 9.56. The van der Waals surface area contributed by atoms with Gasteiger partial charge in [-0.3, -0.25) is 0 Å². The van der Waals surface area contributed by atoms with Crippen molar-refractivity contribution in [2.24, 2.45) is 35.3 Å². The predicted octanol–water partition coefficient (Wildman–Crippen LogP) is 3.02. The summed E-state index contributed by atoms with van der Waals surface area (Å²) < 4.78 is 30.2. The lowest BCUT2D eigenvalue weighted by Gasteiger charge is -2.36. The maximum Gasteiger partial charge on any atom is 0.511 e. The van der Waals surface area contributed by atoms with E-state index in [4.69, 9.17) is 25.1 Å². The van der Waals surface area contributed by atoms with Gasteiger partial charge in [0, 0.05) is 18.8 Å². The lowest BCUT2D eigenvalue weighted by molar-refractivity contribution is -0.177. The number of carbonyl (C=O) groups is 3. The number of carboxylic acids is 1. The molecule has 1 unspecified atom stereocenters. The van der Waals surface area contributed by atoms with Crippen LogP contribution in [0.2, 0.25) is 0 Å². The fraction of sp³-hybridized carbons (Fsp3) is 0.857. The first-order chi connectivity index (χ1) is 13.9. The first-order valence-electron chi connectivity index (χ1n) is 10.7. The molecule has 30 heavy (non-hydrogen) atoms. The summed E-state index contributed by atoms with van der Waals surface area (Å²) in [7, 11) is 0. The number of esters is 1. The van der Waals surface area contributed by atoms with E-state index in [1.807, 2.05) is 0 Å². The first-order valence-corrected chi connectivity index (χ1v) is 10.7. The van der Waals surface area contributed by atoms with Crippen LogP contribution in [0.1, 0.15) is 59.8 Å². The second kappa shape index (κ2) is 7.98.